The van der Waals surface area contributed by atoms with E-state index in [1.54, 1.807) is 59.1 Å². The van der Waals surface area contributed by atoms with Crippen molar-refractivity contribution >= 4 is 23.6 Å². The Morgan fingerprint density at radius 2 is 1.58 bits per heavy atom. The zero-order chi connectivity index (χ0) is 27.0. The fourth-order valence-electron chi connectivity index (χ4n) is 3.93. The van der Waals surface area contributed by atoms with Gasteiger partial charge >= 0.3 is 6.09 Å². The van der Waals surface area contributed by atoms with Gasteiger partial charge in [0.05, 0.1) is 7.11 Å². The Bertz CT molecular complexity index is 1040. The van der Waals surface area contributed by atoms with Crippen molar-refractivity contribution in [1.29, 1.82) is 0 Å². The van der Waals surface area contributed by atoms with Crippen molar-refractivity contribution in [2.24, 2.45) is 0 Å². The minimum Gasteiger partial charge on any atom is -0.497 e. The molecule has 8 nitrogen and oxygen atoms in total. The minimum atomic E-state index is -0.902. The molecule has 2 aromatic rings. The molecule has 0 heterocycles. The van der Waals surface area contributed by atoms with Gasteiger partial charge in [0.25, 0.3) is 5.91 Å². The molecular weight excluding hydrogens is 458 g/mol. The van der Waals surface area contributed by atoms with Crippen molar-refractivity contribution in [3.8, 4) is 5.75 Å². The first-order valence-electron chi connectivity index (χ1n) is 12.2. The molecule has 2 rings (SSSR count). The van der Waals surface area contributed by atoms with Gasteiger partial charge in [0.2, 0.25) is 5.91 Å². The summed E-state index contributed by atoms with van der Waals surface area (Å²) in [5.41, 5.74) is 2.55. The minimum absolute atomic E-state index is 0.326. The van der Waals surface area contributed by atoms with Gasteiger partial charge in [-0.15, -0.1) is 0 Å². The molecule has 2 unspecified atom stereocenters. The Morgan fingerprint density at radius 1 is 1.00 bits per heavy atom. The van der Waals surface area contributed by atoms with Gasteiger partial charge in [-0.3, -0.25) is 9.59 Å². The predicted octanol–water partition coefficient (Wildman–Crippen LogP) is 5.14. The number of nitrogens with one attached hydrogen (secondary N) is 2. The molecule has 0 spiro atoms. The van der Waals surface area contributed by atoms with E-state index in [-0.39, 0.29) is 11.8 Å². The van der Waals surface area contributed by atoms with Crippen molar-refractivity contribution in [3.63, 3.8) is 0 Å². The zero-order valence-electron chi connectivity index (χ0n) is 22.6. The summed E-state index contributed by atoms with van der Waals surface area (Å²) >= 11 is 0. The normalized spacial score (nSPS) is 12.8. The molecule has 3 amide bonds. The Labute approximate surface area is 214 Å². The summed E-state index contributed by atoms with van der Waals surface area (Å²) in [5, 5.41) is 5.54. The van der Waals surface area contributed by atoms with Crippen LogP contribution in [0.4, 0.5) is 10.5 Å². The van der Waals surface area contributed by atoms with E-state index < -0.39 is 23.8 Å². The van der Waals surface area contributed by atoms with Gasteiger partial charge in [0.1, 0.15) is 23.4 Å². The van der Waals surface area contributed by atoms with Crippen LogP contribution in [-0.2, 0) is 14.3 Å². The predicted molar refractivity (Wildman–Crippen MR) is 141 cm³/mol. The van der Waals surface area contributed by atoms with E-state index in [4.69, 9.17) is 9.47 Å². The summed E-state index contributed by atoms with van der Waals surface area (Å²) < 4.78 is 10.5. The fraction of sp³-hybridized carbons (Fsp3) is 0.464. The molecule has 0 aliphatic heterocycles. The fourth-order valence-corrected chi connectivity index (χ4v) is 3.93. The molecule has 0 bridgehead atoms. The van der Waals surface area contributed by atoms with Crippen molar-refractivity contribution in [2.45, 2.75) is 72.6 Å². The maximum atomic E-state index is 13.7. The number of nitrogens with zero attached hydrogens (tertiary/aromatic N) is 1. The molecule has 0 saturated carbocycles. The molecule has 196 valence electrons. The van der Waals surface area contributed by atoms with Crippen LogP contribution in [0.2, 0.25) is 0 Å². The summed E-state index contributed by atoms with van der Waals surface area (Å²) in [7, 11) is 1.57. The van der Waals surface area contributed by atoms with Crippen molar-refractivity contribution < 1.29 is 23.9 Å². The second-order valence-corrected chi connectivity index (χ2v) is 9.94. The number of carbonyl (C=O) groups is 3. The van der Waals surface area contributed by atoms with Crippen LogP contribution in [0, 0.1) is 13.8 Å². The molecule has 0 saturated heterocycles. The first-order chi connectivity index (χ1) is 16.8. The second kappa shape index (κ2) is 12.4. The van der Waals surface area contributed by atoms with E-state index in [0.29, 0.717) is 30.0 Å². The third-order valence-electron chi connectivity index (χ3n) is 5.33. The van der Waals surface area contributed by atoms with Gasteiger partial charge in [-0.25, -0.2) is 4.79 Å². The van der Waals surface area contributed by atoms with Crippen LogP contribution >= 0.6 is 0 Å². The number of amides is 3. The van der Waals surface area contributed by atoms with Gasteiger partial charge < -0.3 is 25.0 Å². The third kappa shape index (κ3) is 8.29. The molecule has 2 atom stereocenters. The highest BCUT2D eigenvalue weighted by Gasteiger charge is 2.34. The first-order valence-corrected chi connectivity index (χ1v) is 12.2. The highest BCUT2D eigenvalue weighted by Crippen LogP contribution is 2.27. The SMILES string of the molecule is CCCN(C(=O)C(C)NC(=O)OC(C)(C)C)C(C(=O)Nc1ccc(OC)cc1)c1cc(C)cc(C)c1. The van der Waals surface area contributed by atoms with Crippen LogP contribution in [0.5, 0.6) is 5.75 Å². The topological polar surface area (TPSA) is 97.0 Å². The standard InChI is InChI=1S/C28H39N3O5/c1-9-14-31(26(33)20(4)29-27(34)36-28(5,6)7)24(21-16-18(2)15-19(3)17-21)25(32)30-22-10-12-23(35-8)13-11-22/h10-13,15-17,20,24H,9,14H2,1-8H3,(H,29,34)(H,30,32). The average Bonchev–Trinajstić information content (AvgIpc) is 2.76. The van der Waals surface area contributed by atoms with Gasteiger partial charge in [0.15, 0.2) is 0 Å². The maximum absolute atomic E-state index is 13.7. The molecule has 0 aromatic heterocycles. The number of benzene rings is 2. The van der Waals surface area contributed by atoms with E-state index >= 15 is 0 Å². The van der Waals surface area contributed by atoms with Crippen molar-refractivity contribution in [2.75, 3.05) is 19.0 Å². The van der Waals surface area contributed by atoms with Crippen LogP contribution in [0.25, 0.3) is 0 Å². The number of hydrogen-bond donors (Lipinski definition) is 2. The number of alkyl carbamates (subject to hydrolysis) is 1. The number of rotatable bonds is 9. The Balaban J connectivity index is 2.42. The van der Waals surface area contributed by atoms with Gasteiger partial charge in [0, 0.05) is 12.2 Å². The highest BCUT2D eigenvalue weighted by molar-refractivity contribution is 5.99. The lowest BCUT2D eigenvalue weighted by molar-refractivity contribution is -0.140. The average molecular weight is 498 g/mol. The summed E-state index contributed by atoms with van der Waals surface area (Å²) in [5.74, 6) is -0.0585. The van der Waals surface area contributed by atoms with Gasteiger partial charge in [-0.2, -0.15) is 0 Å². The number of hydrogen-bond acceptors (Lipinski definition) is 5. The number of ether oxygens (including phenoxy) is 2. The van der Waals surface area contributed by atoms with Crippen LogP contribution in [0.15, 0.2) is 42.5 Å². The van der Waals surface area contributed by atoms with Crippen LogP contribution < -0.4 is 15.4 Å². The van der Waals surface area contributed by atoms with Crippen molar-refractivity contribution in [1.82, 2.24) is 10.2 Å². The number of anilines is 1. The second-order valence-electron chi connectivity index (χ2n) is 9.94. The molecule has 0 fully saturated rings. The Hall–Kier alpha value is -3.55. The monoisotopic (exact) mass is 497 g/mol. The molecule has 36 heavy (non-hydrogen) atoms. The molecular formula is C28H39N3O5. The number of carbonyl (C=O) groups excluding carboxylic acids is 3. The Kier molecular flexibility index (Phi) is 9.90. The van der Waals surface area contributed by atoms with E-state index in [1.165, 1.54) is 4.90 Å². The lowest BCUT2D eigenvalue weighted by Crippen LogP contribution is -2.51. The lowest BCUT2D eigenvalue weighted by Gasteiger charge is -2.33. The zero-order valence-corrected chi connectivity index (χ0v) is 22.6. The summed E-state index contributed by atoms with van der Waals surface area (Å²) in [6, 6.07) is 11.0. The summed E-state index contributed by atoms with van der Waals surface area (Å²) in [6.45, 7) is 13.0. The smallest absolute Gasteiger partial charge is 0.408 e. The third-order valence-corrected chi connectivity index (χ3v) is 5.33. The van der Waals surface area contributed by atoms with E-state index in [1.807, 2.05) is 39.0 Å². The van der Waals surface area contributed by atoms with Gasteiger partial charge in [-0.05, 0) is 77.8 Å². The number of methoxy groups -OCH3 is 1. The lowest BCUT2D eigenvalue weighted by atomic mass is 9.98. The van der Waals surface area contributed by atoms with Crippen molar-refractivity contribution in [3.05, 3.63) is 59.2 Å². The molecule has 0 aliphatic carbocycles. The van der Waals surface area contributed by atoms with Gasteiger partial charge in [-0.1, -0.05) is 36.2 Å². The van der Waals surface area contributed by atoms with Crippen LogP contribution in [0.3, 0.4) is 0 Å². The summed E-state index contributed by atoms with van der Waals surface area (Å²) in [4.78, 5) is 41.2. The molecule has 2 aromatic carbocycles. The maximum Gasteiger partial charge on any atom is 0.408 e. The quantitative estimate of drug-likeness (QED) is 0.500. The molecule has 0 radical (unpaired) electrons. The highest BCUT2D eigenvalue weighted by atomic mass is 16.6. The molecule has 0 aliphatic rings. The molecule has 2 N–H and O–H groups in total. The first kappa shape index (κ1) is 28.7. The van der Waals surface area contributed by atoms with E-state index in [0.717, 1.165) is 11.1 Å². The number of aryl methyl sites for hydroxylation is 2. The largest absolute Gasteiger partial charge is 0.497 e. The summed E-state index contributed by atoms with van der Waals surface area (Å²) in [6.07, 6.45) is -0.0624. The molecule has 8 heteroatoms. The Morgan fingerprint density at radius 3 is 2.08 bits per heavy atom. The van der Waals surface area contributed by atoms with E-state index in [9.17, 15) is 14.4 Å². The van der Waals surface area contributed by atoms with Crippen LogP contribution in [-0.4, -0.2) is 48.1 Å². The van der Waals surface area contributed by atoms with Crippen LogP contribution in [0.1, 0.15) is 63.8 Å². The van der Waals surface area contributed by atoms with E-state index in [2.05, 4.69) is 10.6 Å².